The standard InChI is InChI=1S/C27H22F2N8OS/c1-27(2,3)7-20(38)33-14-6-13(8-30-9-14)23-22(29)21-16(12-32-23)36-37-25(21)26-34-17-11-31-10-15(24(17)35-26)18-4-5-19(28)39-18/h4-6,8-12H,7H2,1-3H3,(H,33,38)(H,34,35)(H,36,37). The molecule has 0 aliphatic rings. The lowest BCUT2D eigenvalue weighted by Gasteiger charge is -2.17. The van der Waals surface area contributed by atoms with Crippen molar-refractivity contribution in [2.45, 2.75) is 27.2 Å². The van der Waals surface area contributed by atoms with Gasteiger partial charge in [-0.1, -0.05) is 20.8 Å². The molecule has 0 unspecified atom stereocenters. The fourth-order valence-electron chi connectivity index (χ4n) is 4.36. The van der Waals surface area contributed by atoms with E-state index in [0.717, 1.165) is 11.3 Å². The molecule has 0 spiro atoms. The summed E-state index contributed by atoms with van der Waals surface area (Å²) >= 11 is 0.991. The largest absolute Gasteiger partial charge is 0.335 e. The highest BCUT2D eigenvalue weighted by Gasteiger charge is 2.22. The number of carbonyl (C=O) groups is 1. The van der Waals surface area contributed by atoms with Gasteiger partial charge < -0.3 is 10.3 Å². The van der Waals surface area contributed by atoms with E-state index in [1.807, 2.05) is 20.8 Å². The minimum atomic E-state index is -0.615. The van der Waals surface area contributed by atoms with Gasteiger partial charge in [0.2, 0.25) is 5.91 Å². The molecule has 12 heteroatoms. The fraction of sp³-hybridized carbons (Fsp3) is 0.185. The average molecular weight is 545 g/mol. The lowest BCUT2D eigenvalue weighted by atomic mass is 9.92. The van der Waals surface area contributed by atoms with E-state index in [-0.39, 0.29) is 33.2 Å². The molecule has 6 aromatic rings. The van der Waals surface area contributed by atoms with E-state index < -0.39 is 5.82 Å². The first-order valence-corrected chi connectivity index (χ1v) is 12.9. The van der Waals surface area contributed by atoms with E-state index >= 15 is 4.39 Å². The first kappa shape index (κ1) is 24.7. The second-order valence-electron chi connectivity index (χ2n) is 10.3. The Kier molecular flexibility index (Phi) is 5.91. The molecule has 6 heterocycles. The summed E-state index contributed by atoms with van der Waals surface area (Å²) in [7, 11) is 0. The van der Waals surface area contributed by atoms with Crippen molar-refractivity contribution < 1.29 is 13.6 Å². The molecular formula is C27H22F2N8OS. The Hall–Kier alpha value is -4.58. The van der Waals surface area contributed by atoms with E-state index in [1.165, 1.54) is 24.7 Å². The van der Waals surface area contributed by atoms with Crippen LogP contribution in [0.15, 0.2) is 49.2 Å². The van der Waals surface area contributed by atoms with Crippen molar-refractivity contribution in [3.05, 3.63) is 60.1 Å². The van der Waals surface area contributed by atoms with Crippen LogP contribution in [0.4, 0.5) is 14.5 Å². The van der Waals surface area contributed by atoms with Crippen LogP contribution in [0.1, 0.15) is 27.2 Å². The first-order valence-electron chi connectivity index (χ1n) is 12.0. The van der Waals surface area contributed by atoms with E-state index in [9.17, 15) is 9.18 Å². The van der Waals surface area contributed by atoms with Crippen LogP contribution >= 0.6 is 11.3 Å². The number of pyridine rings is 3. The summed E-state index contributed by atoms with van der Waals surface area (Å²) < 4.78 is 29.7. The number of amides is 1. The summed E-state index contributed by atoms with van der Waals surface area (Å²) in [4.78, 5) is 33.6. The number of rotatable bonds is 5. The number of aromatic amines is 2. The molecule has 0 fully saturated rings. The van der Waals surface area contributed by atoms with Gasteiger partial charge in [0.25, 0.3) is 0 Å². The van der Waals surface area contributed by atoms with Gasteiger partial charge in [-0.05, 0) is 23.6 Å². The molecule has 6 rings (SSSR count). The molecule has 196 valence electrons. The normalized spacial score (nSPS) is 11.9. The molecule has 0 saturated heterocycles. The first-order chi connectivity index (χ1) is 18.7. The predicted octanol–water partition coefficient (Wildman–Crippen LogP) is 6.34. The van der Waals surface area contributed by atoms with Crippen LogP contribution in [0.2, 0.25) is 0 Å². The Morgan fingerprint density at radius 2 is 1.85 bits per heavy atom. The lowest BCUT2D eigenvalue weighted by Crippen LogP contribution is -2.19. The van der Waals surface area contributed by atoms with Crippen molar-refractivity contribution in [1.29, 1.82) is 0 Å². The summed E-state index contributed by atoms with van der Waals surface area (Å²) in [5.41, 5.74) is 3.17. The van der Waals surface area contributed by atoms with Crippen LogP contribution in [-0.4, -0.2) is 41.0 Å². The Balaban J connectivity index is 1.40. The van der Waals surface area contributed by atoms with Gasteiger partial charge in [-0.25, -0.2) is 9.37 Å². The van der Waals surface area contributed by atoms with E-state index in [2.05, 4.69) is 40.4 Å². The number of imidazole rings is 1. The molecule has 0 radical (unpaired) electrons. The van der Waals surface area contributed by atoms with Gasteiger partial charge in [-0.15, -0.1) is 11.3 Å². The monoisotopic (exact) mass is 544 g/mol. The molecule has 1 amide bonds. The molecule has 0 bridgehead atoms. The fourth-order valence-corrected chi connectivity index (χ4v) is 5.10. The number of anilines is 1. The summed E-state index contributed by atoms with van der Waals surface area (Å²) in [5.74, 6) is -0.457. The zero-order chi connectivity index (χ0) is 27.3. The number of H-pyrrole nitrogens is 2. The highest BCUT2D eigenvalue weighted by molar-refractivity contribution is 7.14. The number of fused-ring (bicyclic) bond motifs is 2. The molecular weight excluding hydrogens is 522 g/mol. The number of hydrogen-bond acceptors (Lipinski definition) is 7. The SMILES string of the molecule is CC(C)(C)CC(=O)Nc1cncc(-c2ncc3[nH]nc(-c4nc5c(-c6ccc(F)s6)cncc5[nH]4)c3c2F)c1. The Labute approximate surface area is 224 Å². The third kappa shape index (κ3) is 4.74. The Bertz CT molecular complexity index is 1870. The lowest BCUT2D eigenvalue weighted by molar-refractivity contribution is -0.117. The van der Waals surface area contributed by atoms with Crippen molar-refractivity contribution in [2.75, 3.05) is 5.32 Å². The van der Waals surface area contributed by atoms with Crippen molar-refractivity contribution in [3.63, 3.8) is 0 Å². The number of carbonyl (C=O) groups excluding carboxylic acids is 1. The molecule has 0 aliphatic heterocycles. The van der Waals surface area contributed by atoms with Gasteiger partial charge in [0.15, 0.2) is 16.8 Å². The van der Waals surface area contributed by atoms with Crippen molar-refractivity contribution in [3.8, 4) is 33.2 Å². The Morgan fingerprint density at radius 3 is 2.62 bits per heavy atom. The van der Waals surface area contributed by atoms with Crippen LogP contribution in [0, 0.1) is 16.4 Å². The molecule has 0 atom stereocenters. The molecule has 0 aromatic carbocycles. The second kappa shape index (κ2) is 9.31. The predicted molar refractivity (Wildman–Crippen MR) is 146 cm³/mol. The van der Waals surface area contributed by atoms with Gasteiger partial charge in [-0.3, -0.25) is 24.8 Å². The highest BCUT2D eigenvalue weighted by atomic mass is 32.1. The number of nitrogens with zero attached hydrogens (tertiary/aromatic N) is 5. The number of aromatic nitrogens is 7. The molecule has 0 saturated carbocycles. The zero-order valence-electron chi connectivity index (χ0n) is 21.1. The number of halogens is 2. The minimum absolute atomic E-state index is 0.0529. The van der Waals surface area contributed by atoms with Crippen molar-refractivity contribution >= 4 is 44.9 Å². The minimum Gasteiger partial charge on any atom is -0.335 e. The van der Waals surface area contributed by atoms with Crippen molar-refractivity contribution in [2.24, 2.45) is 5.41 Å². The van der Waals surface area contributed by atoms with Crippen LogP contribution in [0.3, 0.4) is 0 Å². The summed E-state index contributed by atoms with van der Waals surface area (Å²) in [6.45, 7) is 5.92. The second-order valence-corrected chi connectivity index (χ2v) is 11.3. The van der Waals surface area contributed by atoms with Gasteiger partial charge in [0.05, 0.1) is 40.7 Å². The molecule has 6 aromatic heterocycles. The van der Waals surface area contributed by atoms with Crippen LogP contribution in [-0.2, 0) is 4.79 Å². The van der Waals surface area contributed by atoms with Gasteiger partial charge in [-0.2, -0.15) is 9.49 Å². The molecule has 39 heavy (non-hydrogen) atoms. The van der Waals surface area contributed by atoms with Gasteiger partial charge in [0, 0.05) is 34.8 Å². The van der Waals surface area contributed by atoms with E-state index in [1.54, 1.807) is 24.5 Å². The quantitative estimate of drug-likeness (QED) is 0.233. The maximum absolute atomic E-state index is 16.0. The molecule has 0 aliphatic carbocycles. The van der Waals surface area contributed by atoms with E-state index in [0.29, 0.717) is 50.5 Å². The topological polar surface area (TPSA) is 125 Å². The van der Waals surface area contributed by atoms with Crippen LogP contribution in [0.25, 0.3) is 55.2 Å². The molecule has 3 N–H and O–H groups in total. The third-order valence-electron chi connectivity index (χ3n) is 5.99. The van der Waals surface area contributed by atoms with Crippen molar-refractivity contribution in [1.82, 2.24) is 35.1 Å². The average Bonchev–Trinajstić information content (AvgIpc) is 3.60. The molecule has 9 nitrogen and oxygen atoms in total. The number of hydrogen-bond donors (Lipinski definition) is 3. The van der Waals surface area contributed by atoms with Gasteiger partial charge >= 0.3 is 0 Å². The van der Waals surface area contributed by atoms with Crippen LogP contribution in [0.5, 0.6) is 0 Å². The van der Waals surface area contributed by atoms with E-state index in [4.69, 9.17) is 0 Å². The Morgan fingerprint density at radius 1 is 1.03 bits per heavy atom. The van der Waals surface area contributed by atoms with Gasteiger partial charge in [0.1, 0.15) is 16.9 Å². The number of nitrogens with one attached hydrogen (secondary N) is 3. The summed E-state index contributed by atoms with van der Waals surface area (Å²) in [6.07, 6.45) is 8.01. The maximum atomic E-state index is 16.0. The number of thiophene rings is 1. The summed E-state index contributed by atoms with van der Waals surface area (Å²) in [6, 6.07) is 4.68. The zero-order valence-corrected chi connectivity index (χ0v) is 22.0. The highest BCUT2D eigenvalue weighted by Crippen LogP contribution is 2.36. The smallest absolute Gasteiger partial charge is 0.224 e. The summed E-state index contributed by atoms with van der Waals surface area (Å²) in [5, 5.41) is 9.81. The van der Waals surface area contributed by atoms with Crippen LogP contribution < -0.4 is 5.32 Å². The maximum Gasteiger partial charge on any atom is 0.224 e. The third-order valence-corrected chi connectivity index (χ3v) is 6.89.